The summed E-state index contributed by atoms with van der Waals surface area (Å²) in [6.45, 7) is 1.08. The molecule has 0 aliphatic heterocycles. The Hall–Kier alpha value is -0.810. The second-order valence-electron chi connectivity index (χ2n) is 3.04. The fourth-order valence-corrected chi connectivity index (χ4v) is 1.46. The van der Waals surface area contributed by atoms with Crippen molar-refractivity contribution in [1.82, 2.24) is 5.32 Å². The number of nitriles is 1. The van der Waals surface area contributed by atoms with Gasteiger partial charge in [-0.1, -0.05) is 6.08 Å². The summed E-state index contributed by atoms with van der Waals surface area (Å²) < 4.78 is 0. The zero-order valence-corrected chi connectivity index (χ0v) is 6.93. The van der Waals surface area contributed by atoms with E-state index in [0.29, 0.717) is 0 Å². The van der Waals surface area contributed by atoms with Crippen LogP contribution in [0.5, 0.6) is 0 Å². The number of hydrogen-bond donors (Lipinski definition) is 1. The van der Waals surface area contributed by atoms with Crippen molar-refractivity contribution in [1.29, 1.82) is 5.26 Å². The second-order valence-corrected chi connectivity index (χ2v) is 3.04. The molecule has 1 atom stereocenters. The summed E-state index contributed by atoms with van der Waals surface area (Å²) in [4.78, 5) is 0. The van der Waals surface area contributed by atoms with Gasteiger partial charge in [0.15, 0.2) is 0 Å². The molecule has 60 valence electrons. The van der Waals surface area contributed by atoms with E-state index in [1.54, 1.807) is 0 Å². The minimum absolute atomic E-state index is 0.747. The third-order valence-corrected chi connectivity index (χ3v) is 2.16. The fraction of sp³-hybridized carbons (Fsp3) is 0.667. The first-order valence-corrected chi connectivity index (χ1v) is 4.10. The van der Waals surface area contributed by atoms with Gasteiger partial charge in [-0.25, -0.2) is 0 Å². The number of allylic oxidation sites excluding steroid dienone is 2. The van der Waals surface area contributed by atoms with E-state index in [9.17, 15) is 0 Å². The van der Waals surface area contributed by atoms with E-state index in [2.05, 4.69) is 17.5 Å². The predicted molar refractivity (Wildman–Crippen MR) is 45.0 cm³/mol. The van der Waals surface area contributed by atoms with Gasteiger partial charge in [0, 0.05) is 5.57 Å². The molecule has 1 aliphatic carbocycles. The highest BCUT2D eigenvalue weighted by molar-refractivity contribution is 5.22. The average Bonchev–Trinajstić information content (AvgIpc) is 2.07. The van der Waals surface area contributed by atoms with Gasteiger partial charge in [0.05, 0.1) is 6.07 Å². The maximum absolute atomic E-state index is 8.57. The lowest BCUT2D eigenvalue weighted by atomic mass is 9.90. The van der Waals surface area contributed by atoms with Crippen molar-refractivity contribution >= 4 is 0 Å². The molecule has 1 aliphatic rings. The second kappa shape index (κ2) is 4.15. The van der Waals surface area contributed by atoms with Gasteiger partial charge < -0.3 is 5.32 Å². The molecule has 0 saturated carbocycles. The number of hydrogen-bond acceptors (Lipinski definition) is 2. The minimum atomic E-state index is 0.747. The Kier molecular flexibility index (Phi) is 3.13. The van der Waals surface area contributed by atoms with Crippen LogP contribution in [0.4, 0.5) is 0 Å². The minimum Gasteiger partial charge on any atom is -0.319 e. The highest BCUT2D eigenvalue weighted by atomic mass is 14.8. The predicted octanol–water partition coefficient (Wildman–Crippen LogP) is 1.46. The van der Waals surface area contributed by atoms with Crippen LogP contribution in [-0.4, -0.2) is 13.6 Å². The smallest absolute Gasteiger partial charge is 0.0943 e. The molecule has 0 radical (unpaired) electrons. The van der Waals surface area contributed by atoms with Gasteiger partial charge in [0.2, 0.25) is 0 Å². The van der Waals surface area contributed by atoms with Crippen molar-refractivity contribution in [2.45, 2.75) is 19.3 Å². The Balaban J connectivity index is 2.37. The van der Waals surface area contributed by atoms with Crippen LogP contribution >= 0.6 is 0 Å². The molecule has 1 N–H and O–H groups in total. The van der Waals surface area contributed by atoms with Crippen molar-refractivity contribution < 1.29 is 0 Å². The Labute approximate surface area is 67.9 Å². The molecule has 2 heteroatoms. The van der Waals surface area contributed by atoms with Crippen LogP contribution in [0.2, 0.25) is 0 Å². The summed E-state index contributed by atoms with van der Waals surface area (Å²) in [5, 5.41) is 11.7. The van der Waals surface area contributed by atoms with Crippen LogP contribution in [-0.2, 0) is 0 Å². The number of nitrogens with zero attached hydrogens (tertiary/aromatic N) is 1. The van der Waals surface area contributed by atoms with Crippen LogP contribution < -0.4 is 5.32 Å². The topological polar surface area (TPSA) is 35.8 Å². The number of nitrogens with one attached hydrogen (secondary N) is 1. The molecule has 1 rings (SSSR count). The van der Waals surface area contributed by atoms with Gasteiger partial charge in [-0.15, -0.1) is 0 Å². The molecule has 2 nitrogen and oxygen atoms in total. The first-order valence-electron chi connectivity index (χ1n) is 4.10. The van der Waals surface area contributed by atoms with E-state index in [4.69, 9.17) is 5.26 Å². The molecule has 0 aromatic rings. The third kappa shape index (κ3) is 2.36. The number of rotatable bonds is 2. The van der Waals surface area contributed by atoms with Gasteiger partial charge in [-0.3, -0.25) is 0 Å². The van der Waals surface area contributed by atoms with Crippen molar-refractivity contribution in [3.8, 4) is 6.07 Å². The Bertz CT molecular complexity index is 188. The first-order chi connectivity index (χ1) is 5.36. The van der Waals surface area contributed by atoms with Crippen LogP contribution in [0.25, 0.3) is 0 Å². The molecule has 0 aromatic heterocycles. The summed E-state index contributed by atoms with van der Waals surface area (Å²) in [7, 11) is 1.98. The molecule has 0 fully saturated rings. The van der Waals surface area contributed by atoms with E-state index in [1.807, 2.05) is 7.05 Å². The molecule has 0 heterocycles. The van der Waals surface area contributed by atoms with Crippen LogP contribution in [0.1, 0.15) is 19.3 Å². The van der Waals surface area contributed by atoms with Crippen molar-refractivity contribution in [3.63, 3.8) is 0 Å². The van der Waals surface area contributed by atoms with E-state index in [0.717, 1.165) is 30.9 Å². The van der Waals surface area contributed by atoms with Crippen LogP contribution in [0.3, 0.4) is 0 Å². The highest BCUT2D eigenvalue weighted by Crippen LogP contribution is 2.21. The van der Waals surface area contributed by atoms with E-state index in [-0.39, 0.29) is 0 Å². The zero-order valence-electron chi connectivity index (χ0n) is 6.93. The maximum atomic E-state index is 8.57. The largest absolute Gasteiger partial charge is 0.319 e. The molecular formula is C9H14N2. The normalized spacial score (nSPS) is 24.0. The van der Waals surface area contributed by atoms with Crippen LogP contribution in [0.15, 0.2) is 11.6 Å². The lowest BCUT2D eigenvalue weighted by Gasteiger charge is -2.18. The summed E-state index contributed by atoms with van der Waals surface area (Å²) in [6, 6.07) is 2.21. The van der Waals surface area contributed by atoms with E-state index in [1.165, 1.54) is 6.42 Å². The average molecular weight is 150 g/mol. The molecule has 0 aromatic carbocycles. The molecule has 0 saturated heterocycles. The molecule has 1 unspecified atom stereocenters. The van der Waals surface area contributed by atoms with Gasteiger partial charge in [-0.2, -0.15) is 5.26 Å². The quantitative estimate of drug-likeness (QED) is 0.646. The molecular weight excluding hydrogens is 136 g/mol. The standard InChI is InChI=1S/C9H14N2/c1-11-7-9-4-2-8(6-10)3-5-9/h2,9,11H,3-5,7H2,1H3. The van der Waals surface area contributed by atoms with E-state index >= 15 is 0 Å². The lowest BCUT2D eigenvalue weighted by molar-refractivity contribution is 0.453. The molecule has 0 amide bonds. The van der Waals surface area contributed by atoms with Gasteiger partial charge >= 0.3 is 0 Å². The molecule has 0 bridgehead atoms. The summed E-state index contributed by atoms with van der Waals surface area (Å²) in [5.41, 5.74) is 0.970. The Morgan fingerprint density at radius 2 is 2.64 bits per heavy atom. The highest BCUT2D eigenvalue weighted by Gasteiger charge is 2.12. The monoisotopic (exact) mass is 150 g/mol. The summed E-state index contributed by atoms with van der Waals surface area (Å²) >= 11 is 0. The fourth-order valence-electron chi connectivity index (χ4n) is 1.46. The van der Waals surface area contributed by atoms with Crippen LogP contribution in [0, 0.1) is 17.2 Å². The molecule has 0 spiro atoms. The van der Waals surface area contributed by atoms with Gasteiger partial charge in [0.25, 0.3) is 0 Å². The summed E-state index contributed by atoms with van der Waals surface area (Å²) in [6.07, 6.45) is 5.29. The Morgan fingerprint density at radius 3 is 3.09 bits per heavy atom. The lowest BCUT2D eigenvalue weighted by Crippen LogP contribution is -2.20. The van der Waals surface area contributed by atoms with Gasteiger partial charge in [-0.05, 0) is 38.8 Å². The van der Waals surface area contributed by atoms with Crippen molar-refractivity contribution in [2.75, 3.05) is 13.6 Å². The van der Waals surface area contributed by atoms with Gasteiger partial charge in [0.1, 0.15) is 0 Å². The third-order valence-electron chi connectivity index (χ3n) is 2.16. The van der Waals surface area contributed by atoms with Crippen molar-refractivity contribution in [3.05, 3.63) is 11.6 Å². The summed E-state index contributed by atoms with van der Waals surface area (Å²) in [5.74, 6) is 0.747. The Morgan fingerprint density at radius 1 is 1.82 bits per heavy atom. The first kappa shape index (κ1) is 8.29. The van der Waals surface area contributed by atoms with Crippen molar-refractivity contribution in [2.24, 2.45) is 5.92 Å². The SMILES string of the molecule is CNCC1CC=C(C#N)CC1. The zero-order chi connectivity index (χ0) is 8.10. The molecule has 11 heavy (non-hydrogen) atoms. The maximum Gasteiger partial charge on any atom is 0.0943 e. The van der Waals surface area contributed by atoms with E-state index < -0.39 is 0 Å².